The van der Waals surface area contributed by atoms with Crippen molar-refractivity contribution in [3.05, 3.63) is 287 Å². The molecule has 0 saturated carbocycles. The molecule has 3 aliphatic rings. The highest BCUT2D eigenvalue weighted by Gasteiger charge is 2.59. The van der Waals surface area contributed by atoms with Gasteiger partial charge in [0.25, 0.3) is 0 Å². The lowest BCUT2D eigenvalue weighted by molar-refractivity contribution is -0.358. The lowest BCUT2D eigenvalue weighted by Gasteiger charge is -2.49. The Balaban J connectivity index is 1.01. The zero-order chi connectivity index (χ0) is 78.7. The topological polar surface area (TPSA) is 329 Å². The van der Waals surface area contributed by atoms with Gasteiger partial charge in [0.1, 0.15) is 31.5 Å². The molecule has 8 aromatic carbocycles. The normalized spacial score (nSPS) is 23.2. The first-order valence-corrected chi connectivity index (χ1v) is 36.7. The van der Waals surface area contributed by atoms with Gasteiger partial charge in [-0.1, -0.05) is 178 Å². The molecule has 1 N–H and O–H groups in total. The van der Waals surface area contributed by atoms with Crippen molar-refractivity contribution in [2.75, 3.05) is 26.4 Å². The fraction of sp³-hybridized carbons (Fsp3) is 0.326. The smallest absolute Gasteiger partial charge is 0.338 e. The Morgan fingerprint density at radius 2 is 0.571 bits per heavy atom. The number of hydrogen-bond donors (Lipinski definition) is 1. The van der Waals surface area contributed by atoms with Gasteiger partial charge in [-0.05, 0) is 110 Å². The van der Waals surface area contributed by atoms with Gasteiger partial charge in [0.15, 0.2) is 61.6 Å². The van der Waals surface area contributed by atoms with E-state index in [1.807, 2.05) is 0 Å². The maximum atomic E-state index is 14.9. The average molecular weight is 1530 g/mol. The van der Waals surface area contributed by atoms with E-state index in [2.05, 4.69) is 0 Å². The standard InChI is InChI=1S/C86H84O26/c1-54-64(51-101-85-74(110-82(96)62-45-27-13-28-46-62)71(108-80(94)60-41-23-11-24-42-60)69(106-78(92)58-37-19-9-20-38-58)65(104-85)52-99-76(90)56-33-15-7-16-34-56)103-84(98-50-32-6-4-3-5-31-49-67(88)89)73(102-55(2)87)68(54)112-86-75(111-83(97)63-47-29-14-30-48-63)72(109-81(95)61-43-25-12-26-44-61)70(107-79(93)59-39-21-10-22-40-59)66(105-86)53-100-77(91)57-35-17-8-18-36-57/h7-30,33-48,54,64-66,68-75,84-86H,3-6,31-32,49-53H2,1-2H3,(H,88,89). The van der Waals surface area contributed by atoms with Gasteiger partial charge in [0.2, 0.25) is 0 Å². The Labute approximate surface area is 645 Å². The van der Waals surface area contributed by atoms with Crippen LogP contribution in [0.5, 0.6) is 0 Å². The van der Waals surface area contributed by atoms with E-state index in [9.17, 15) is 53.1 Å². The molecule has 0 aliphatic carbocycles. The van der Waals surface area contributed by atoms with Crippen molar-refractivity contribution >= 4 is 59.7 Å². The van der Waals surface area contributed by atoms with Crippen molar-refractivity contribution in [2.45, 2.75) is 145 Å². The predicted molar refractivity (Wildman–Crippen MR) is 395 cm³/mol. The lowest BCUT2D eigenvalue weighted by atomic mass is 9.90. The fourth-order valence-corrected chi connectivity index (χ4v) is 12.8. The van der Waals surface area contributed by atoms with Gasteiger partial charge in [-0.15, -0.1) is 0 Å². The zero-order valence-corrected chi connectivity index (χ0v) is 61.2. The summed E-state index contributed by atoms with van der Waals surface area (Å²) in [5.41, 5.74) is 0.313. The number of rotatable bonds is 34. The van der Waals surface area contributed by atoms with Gasteiger partial charge in [0, 0.05) is 25.9 Å². The Morgan fingerprint density at radius 1 is 0.295 bits per heavy atom. The molecule has 3 fully saturated rings. The maximum Gasteiger partial charge on any atom is 0.338 e. The van der Waals surface area contributed by atoms with Gasteiger partial charge in [0.05, 0.1) is 57.2 Å². The molecule has 26 heteroatoms. The van der Waals surface area contributed by atoms with E-state index in [1.54, 1.807) is 153 Å². The molecule has 15 unspecified atom stereocenters. The second-order valence-electron chi connectivity index (χ2n) is 26.5. The van der Waals surface area contributed by atoms with Crippen molar-refractivity contribution in [3.8, 4) is 0 Å². The Bertz CT molecular complexity index is 4390. The van der Waals surface area contributed by atoms with Crippen LogP contribution in [0.25, 0.3) is 0 Å². The number of esters is 9. The van der Waals surface area contributed by atoms with Crippen LogP contribution in [0.2, 0.25) is 0 Å². The van der Waals surface area contributed by atoms with Gasteiger partial charge < -0.3 is 76.2 Å². The summed E-state index contributed by atoms with van der Waals surface area (Å²) in [5.74, 6) is -10.6. The molecular formula is C86H84O26. The summed E-state index contributed by atoms with van der Waals surface area (Å²) < 4.78 is 97.4. The van der Waals surface area contributed by atoms with Crippen molar-refractivity contribution in [2.24, 2.45) is 5.92 Å². The average Bonchev–Trinajstić information content (AvgIpc) is 0.755. The van der Waals surface area contributed by atoms with E-state index >= 15 is 0 Å². The third-order valence-corrected chi connectivity index (χ3v) is 18.6. The first-order valence-electron chi connectivity index (χ1n) is 36.7. The number of carbonyl (C=O) groups is 10. The second kappa shape index (κ2) is 40.8. The maximum absolute atomic E-state index is 14.9. The molecule has 0 spiro atoms. The molecule has 11 rings (SSSR count). The van der Waals surface area contributed by atoms with Crippen LogP contribution in [0.4, 0.5) is 0 Å². The molecule has 584 valence electrons. The largest absolute Gasteiger partial charge is 0.481 e. The molecule has 15 atom stereocenters. The molecule has 26 nitrogen and oxygen atoms in total. The minimum absolute atomic E-state index is 0.00304. The van der Waals surface area contributed by atoms with Crippen LogP contribution in [0.1, 0.15) is 142 Å². The van der Waals surface area contributed by atoms with Crippen molar-refractivity contribution in [1.29, 1.82) is 0 Å². The van der Waals surface area contributed by atoms with Crippen LogP contribution in [-0.2, 0) is 80.6 Å². The summed E-state index contributed by atoms with van der Waals surface area (Å²) in [7, 11) is 0. The Kier molecular flexibility index (Phi) is 29.6. The molecule has 3 heterocycles. The number of ether oxygens (including phenoxy) is 15. The molecule has 3 saturated heterocycles. The molecule has 112 heavy (non-hydrogen) atoms. The third kappa shape index (κ3) is 22.5. The number of unbranched alkanes of at least 4 members (excludes halogenated alkanes) is 5. The van der Waals surface area contributed by atoms with E-state index in [4.69, 9.17) is 71.1 Å². The molecule has 8 aromatic rings. The van der Waals surface area contributed by atoms with Crippen molar-refractivity contribution < 1.29 is 124 Å². The van der Waals surface area contributed by atoms with E-state index in [1.165, 1.54) is 97.1 Å². The van der Waals surface area contributed by atoms with E-state index in [0.717, 1.165) is 6.92 Å². The van der Waals surface area contributed by atoms with Crippen molar-refractivity contribution in [1.82, 2.24) is 0 Å². The molecular weight excluding hydrogens is 1450 g/mol. The number of aliphatic carboxylic acids is 1. The van der Waals surface area contributed by atoms with E-state index in [-0.39, 0.29) is 57.5 Å². The number of hydrogen-bond acceptors (Lipinski definition) is 25. The summed E-state index contributed by atoms with van der Waals surface area (Å²) >= 11 is 0. The second-order valence-corrected chi connectivity index (χ2v) is 26.5. The minimum Gasteiger partial charge on any atom is -0.481 e. The molecule has 0 amide bonds. The van der Waals surface area contributed by atoms with Crippen LogP contribution in [0.15, 0.2) is 243 Å². The summed E-state index contributed by atoms with van der Waals surface area (Å²) in [4.78, 5) is 141. The highest BCUT2D eigenvalue weighted by Crippen LogP contribution is 2.40. The van der Waals surface area contributed by atoms with E-state index in [0.29, 0.717) is 38.5 Å². The van der Waals surface area contributed by atoms with Crippen LogP contribution < -0.4 is 0 Å². The highest BCUT2D eigenvalue weighted by molar-refractivity contribution is 5.94. The number of benzene rings is 8. The fourth-order valence-electron chi connectivity index (χ4n) is 12.8. The molecule has 0 aromatic heterocycles. The molecule has 0 bridgehead atoms. The molecule has 0 radical (unpaired) electrons. The van der Waals surface area contributed by atoms with Gasteiger partial charge in [-0.25, -0.2) is 38.4 Å². The summed E-state index contributed by atoms with van der Waals surface area (Å²) in [5, 5.41) is 9.25. The molecule has 3 aliphatic heterocycles. The minimum atomic E-state index is -2.02. The summed E-state index contributed by atoms with van der Waals surface area (Å²) in [6.07, 6.45) is -21.1. The summed E-state index contributed by atoms with van der Waals surface area (Å²) in [6, 6.07) is 62.3. The first kappa shape index (κ1) is 81.2. The van der Waals surface area contributed by atoms with Gasteiger partial charge in [-0.2, -0.15) is 0 Å². The third-order valence-electron chi connectivity index (χ3n) is 18.6. The number of carboxylic acids is 1. The predicted octanol–water partition coefficient (Wildman–Crippen LogP) is 12.0. The van der Waals surface area contributed by atoms with Gasteiger partial charge in [-0.3, -0.25) is 9.59 Å². The van der Waals surface area contributed by atoms with Crippen LogP contribution in [0, 0.1) is 5.92 Å². The van der Waals surface area contributed by atoms with E-state index < -0.39 is 171 Å². The van der Waals surface area contributed by atoms with Crippen molar-refractivity contribution in [3.63, 3.8) is 0 Å². The SMILES string of the molecule is CC(=O)OC1C(OCCCCCCCCC(=O)O)OC(COC2OC(COC(=O)c3ccccc3)C(OC(=O)c3ccccc3)C(OC(=O)c3ccccc3)C2OC(=O)c2ccccc2)C(C)C1OC1OC(COC(=O)c2ccccc2)C(OC(=O)c2ccccc2)C(OC(=O)c2ccccc2)C1OC(=O)c1ccccc1. The van der Waals surface area contributed by atoms with Crippen LogP contribution in [-0.4, -0.2) is 177 Å². The first-order chi connectivity index (χ1) is 54.5. The Hall–Kier alpha value is -11.8. The quantitative estimate of drug-likeness (QED) is 0.0222. The van der Waals surface area contributed by atoms with Crippen LogP contribution in [0.3, 0.4) is 0 Å². The Morgan fingerprint density at radius 3 is 0.920 bits per heavy atom. The van der Waals surface area contributed by atoms with Crippen LogP contribution >= 0.6 is 0 Å². The summed E-state index contributed by atoms with van der Waals surface area (Å²) in [6.45, 7) is 0.542. The monoisotopic (exact) mass is 1530 g/mol. The lowest BCUT2D eigenvalue weighted by Crippen LogP contribution is -2.66. The van der Waals surface area contributed by atoms with Gasteiger partial charge >= 0.3 is 59.7 Å². The number of carbonyl (C=O) groups excluding carboxylic acids is 9. The zero-order valence-electron chi connectivity index (χ0n) is 61.2. The highest BCUT2D eigenvalue weighted by atomic mass is 16.8. The number of carboxylic acid groups (broad SMARTS) is 1.